The van der Waals surface area contributed by atoms with Crippen LogP contribution in [0.4, 0.5) is 11.4 Å². The minimum absolute atomic E-state index is 0.387. The highest BCUT2D eigenvalue weighted by Crippen LogP contribution is 2.43. The van der Waals surface area contributed by atoms with Gasteiger partial charge in [0.05, 0.1) is 13.1 Å². The zero-order valence-corrected chi connectivity index (χ0v) is 20.8. The molecule has 0 saturated carbocycles. The van der Waals surface area contributed by atoms with Gasteiger partial charge in [0.1, 0.15) is 17.1 Å². The molecule has 32 heavy (non-hydrogen) atoms. The van der Waals surface area contributed by atoms with E-state index in [-0.39, 0.29) is 0 Å². The minimum atomic E-state index is 0.387. The topological polar surface area (TPSA) is 53.5 Å². The second-order valence-corrected chi connectivity index (χ2v) is 9.88. The van der Waals surface area contributed by atoms with E-state index in [4.69, 9.17) is 0 Å². The molecular weight excluding hydrogens is 392 g/mol. The van der Waals surface area contributed by atoms with Gasteiger partial charge in [-0.2, -0.15) is 0 Å². The Morgan fingerprint density at radius 1 is 0.594 bits per heavy atom. The Morgan fingerprint density at radius 3 is 1.38 bits per heavy atom. The first-order chi connectivity index (χ1) is 15.2. The Morgan fingerprint density at radius 2 is 0.969 bits per heavy atom. The van der Waals surface area contributed by atoms with Crippen molar-refractivity contribution in [3.63, 3.8) is 0 Å². The van der Waals surface area contributed by atoms with E-state index in [9.17, 15) is 5.11 Å². The van der Waals surface area contributed by atoms with Crippen LogP contribution in [0.5, 0.6) is 5.75 Å². The SMILES string of the molecule is Cc1c(C)c(-c2ccc([NH2+]CC(C)C)cc2)c(O)c(C)c1-c1ccc([NH2+]CC(C)C)cc1. The van der Waals surface area contributed by atoms with Gasteiger partial charge in [-0.05, 0) is 103 Å². The summed E-state index contributed by atoms with van der Waals surface area (Å²) in [6, 6.07) is 17.3. The van der Waals surface area contributed by atoms with Crippen molar-refractivity contribution in [3.8, 4) is 28.0 Å². The van der Waals surface area contributed by atoms with Gasteiger partial charge in [0.15, 0.2) is 0 Å². The van der Waals surface area contributed by atoms with E-state index < -0.39 is 0 Å². The third-order valence-corrected chi connectivity index (χ3v) is 6.33. The average Bonchev–Trinajstić information content (AvgIpc) is 2.77. The molecule has 0 radical (unpaired) electrons. The Kier molecular flexibility index (Phi) is 7.76. The molecule has 0 aromatic heterocycles. The van der Waals surface area contributed by atoms with Crippen LogP contribution in [0.25, 0.3) is 22.3 Å². The molecule has 0 saturated heterocycles. The van der Waals surface area contributed by atoms with Crippen LogP contribution < -0.4 is 10.6 Å². The molecule has 0 aliphatic heterocycles. The van der Waals surface area contributed by atoms with Gasteiger partial charge in [-0.15, -0.1) is 0 Å². The van der Waals surface area contributed by atoms with Gasteiger partial charge in [0.25, 0.3) is 0 Å². The highest BCUT2D eigenvalue weighted by atomic mass is 16.3. The predicted octanol–water partition coefficient (Wildman–Crippen LogP) is 5.35. The summed E-state index contributed by atoms with van der Waals surface area (Å²) in [7, 11) is 0. The molecule has 0 spiro atoms. The van der Waals surface area contributed by atoms with Crippen molar-refractivity contribution in [3.05, 3.63) is 65.2 Å². The van der Waals surface area contributed by atoms with E-state index in [1.807, 2.05) is 6.92 Å². The number of benzene rings is 3. The standard InChI is InChI=1S/C29H38N2O/c1-18(2)16-30-25-12-8-23(9-13-25)27-20(5)21(6)28(29(32)22(27)7)24-10-14-26(15-11-24)31-17-19(3)4/h8-15,18-19,30-32H,16-17H2,1-7H3/p+2. The molecule has 3 aromatic rings. The van der Waals surface area contributed by atoms with Gasteiger partial charge in [0, 0.05) is 17.4 Å². The number of quaternary nitrogens is 2. The third kappa shape index (κ3) is 5.40. The van der Waals surface area contributed by atoms with Crippen LogP contribution in [-0.4, -0.2) is 18.2 Å². The molecule has 5 N–H and O–H groups in total. The molecule has 0 bridgehead atoms. The largest absolute Gasteiger partial charge is 0.507 e. The fourth-order valence-electron chi connectivity index (χ4n) is 4.24. The monoisotopic (exact) mass is 432 g/mol. The first-order valence-electron chi connectivity index (χ1n) is 11.9. The maximum Gasteiger partial charge on any atom is 0.129 e. The van der Waals surface area contributed by atoms with Crippen LogP contribution in [-0.2, 0) is 0 Å². The zero-order valence-electron chi connectivity index (χ0n) is 20.8. The smallest absolute Gasteiger partial charge is 0.129 e. The molecule has 3 aromatic carbocycles. The van der Waals surface area contributed by atoms with Crippen LogP contribution >= 0.6 is 0 Å². The summed E-state index contributed by atoms with van der Waals surface area (Å²) >= 11 is 0. The molecule has 3 heteroatoms. The van der Waals surface area contributed by atoms with Crippen LogP contribution in [0.2, 0.25) is 0 Å². The van der Waals surface area contributed by atoms with E-state index >= 15 is 0 Å². The molecule has 0 unspecified atom stereocenters. The molecule has 3 nitrogen and oxygen atoms in total. The lowest BCUT2D eigenvalue weighted by atomic mass is 9.86. The molecular formula is C29H40N2O+2. The summed E-state index contributed by atoms with van der Waals surface area (Å²) in [5.41, 5.74) is 10.1. The molecule has 0 aliphatic carbocycles. The van der Waals surface area contributed by atoms with E-state index in [0.717, 1.165) is 46.5 Å². The summed E-state index contributed by atoms with van der Waals surface area (Å²) in [6.45, 7) is 17.4. The van der Waals surface area contributed by atoms with Crippen molar-refractivity contribution < 1.29 is 15.7 Å². The average molecular weight is 433 g/mol. The minimum Gasteiger partial charge on any atom is -0.507 e. The second kappa shape index (κ2) is 10.3. The van der Waals surface area contributed by atoms with E-state index in [0.29, 0.717) is 17.6 Å². The van der Waals surface area contributed by atoms with E-state index in [1.54, 1.807) is 0 Å². The second-order valence-electron chi connectivity index (χ2n) is 9.88. The lowest BCUT2D eigenvalue weighted by Crippen LogP contribution is -2.79. The van der Waals surface area contributed by atoms with Crippen LogP contribution in [0.3, 0.4) is 0 Å². The van der Waals surface area contributed by atoms with Crippen LogP contribution in [0, 0.1) is 32.6 Å². The number of phenolic OH excluding ortho intramolecular Hbond substituents is 1. The number of hydrogen-bond donors (Lipinski definition) is 3. The van der Waals surface area contributed by atoms with Gasteiger partial charge in [0.2, 0.25) is 0 Å². The van der Waals surface area contributed by atoms with Crippen molar-refractivity contribution in [1.82, 2.24) is 0 Å². The summed E-state index contributed by atoms with van der Waals surface area (Å²) in [6.07, 6.45) is 0. The molecule has 0 heterocycles. The third-order valence-electron chi connectivity index (χ3n) is 6.33. The first-order valence-corrected chi connectivity index (χ1v) is 11.9. The highest BCUT2D eigenvalue weighted by Gasteiger charge is 2.19. The molecule has 0 amide bonds. The van der Waals surface area contributed by atoms with Gasteiger partial charge >= 0.3 is 0 Å². The number of nitrogens with two attached hydrogens (primary N) is 2. The van der Waals surface area contributed by atoms with Crippen molar-refractivity contribution >= 4 is 11.4 Å². The zero-order chi connectivity index (χ0) is 23.4. The maximum atomic E-state index is 11.2. The van der Waals surface area contributed by atoms with Crippen LogP contribution in [0.15, 0.2) is 48.5 Å². The summed E-state index contributed by atoms with van der Waals surface area (Å²) < 4.78 is 0. The van der Waals surface area contributed by atoms with Crippen molar-refractivity contribution in [2.45, 2.75) is 48.5 Å². The highest BCUT2D eigenvalue weighted by molar-refractivity contribution is 5.85. The molecule has 170 valence electrons. The summed E-state index contributed by atoms with van der Waals surface area (Å²) in [5.74, 6) is 1.70. The predicted molar refractivity (Wildman–Crippen MR) is 136 cm³/mol. The molecule has 0 aliphatic rings. The van der Waals surface area contributed by atoms with Gasteiger partial charge in [-0.1, -0.05) is 27.7 Å². The number of rotatable bonds is 8. The van der Waals surface area contributed by atoms with E-state index in [2.05, 4.69) is 101 Å². The van der Waals surface area contributed by atoms with Crippen molar-refractivity contribution in [2.24, 2.45) is 11.8 Å². The summed E-state index contributed by atoms with van der Waals surface area (Å²) in [5, 5.41) is 15.8. The van der Waals surface area contributed by atoms with Crippen LogP contribution in [0.1, 0.15) is 44.4 Å². The summed E-state index contributed by atoms with van der Waals surface area (Å²) in [4.78, 5) is 0. The van der Waals surface area contributed by atoms with Crippen molar-refractivity contribution in [2.75, 3.05) is 13.1 Å². The molecule has 0 fully saturated rings. The van der Waals surface area contributed by atoms with Gasteiger partial charge in [-0.25, -0.2) is 0 Å². The Bertz CT molecular complexity index is 933. The maximum absolute atomic E-state index is 11.2. The lowest BCUT2D eigenvalue weighted by molar-refractivity contribution is -0.577. The Balaban J connectivity index is 1.94. The number of phenols is 1. The fraction of sp³-hybridized carbons (Fsp3) is 0.379. The first kappa shape index (κ1) is 24.0. The lowest BCUT2D eigenvalue weighted by Gasteiger charge is -2.20. The number of hydrogen-bond acceptors (Lipinski definition) is 1. The Labute approximate surface area is 193 Å². The Hall–Kier alpha value is -2.62. The quantitative estimate of drug-likeness (QED) is 0.413. The number of aromatic hydroxyl groups is 1. The van der Waals surface area contributed by atoms with E-state index in [1.165, 1.54) is 16.9 Å². The normalized spacial score (nSPS) is 11.5. The molecule has 0 atom stereocenters. The van der Waals surface area contributed by atoms with Gasteiger partial charge in [-0.3, -0.25) is 0 Å². The molecule has 3 rings (SSSR count). The fourth-order valence-corrected chi connectivity index (χ4v) is 4.24. The van der Waals surface area contributed by atoms with Gasteiger partial charge < -0.3 is 15.7 Å². The van der Waals surface area contributed by atoms with Crippen molar-refractivity contribution in [1.29, 1.82) is 0 Å².